The first-order valence-electron chi connectivity index (χ1n) is 9.69. The summed E-state index contributed by atoms with van der Waals surface area (Å²) >= 11 is 0. The Labute approximate surface area is 171 Å². The van der Waals surface area contributed by atoms with Crippen molar-refractivity contribution in [2.45, 2.75) is 26.7 Å². The first-order valence-corrected chi connectivity index (χ1v) is 9.69. The van der Waals surface area contributed by atoms with Crippen molar-refractivity contribution >= 4 is 17.6 Å². The SMILES string of the molecule is Cc1ccc(NC(=O)COC(=O)c2ccccc2CCc2ccccc2)c(C)c1. The smallest absolute Gasteiger partial charge is 0.338 e. The van der Waals surface area contributed by atoms with Gasteiger partial charge in [0.15, 0.2) is 6.61 Å². The molecule has 0 unspecified atom stereocenters. The second-order valence-corrected chi connectivity index (χ2v) is 7.09. The maximum atomic E-state index is 12.5. The summed E-state index contributed by atoms with van der Waals surface area (Å²) in [7, 11) is 0. The molecule has 0 saturated heterocycles. The molecule has 0 heterocycles. The number of aryl methyl sites for hydroxylation is 4. The van der Waals surface area contributed by atoms with E-state index in [0.29, 0.717) is 5.56 Å². The molecule has 0 spiro atoms. The van der Waals surface area contributed by atoms with Gasteiger partial charge in [0.05, 0.1) is 5.56 Å². The van der Waals surface area contributed by atoms with E-state index in [9.17, 15) is 9.59 Å². The molecule has 1 N–H and O–H groups in total. The molecule has 0 aromatic heterocycles. The van der Waals surface area contributed by atoms with Crippen LogP contribution in [-0.4, -0.2) is 18.5 Å². The Hall–Kier alpha value is -3.40. The summed E-state index contributed by atoms with van der Waals surface area (Å²) in [6, 6.07) is 23.3. The molecule has 1 amide bonds. The Bertz CT molecular complexity index is 996. The standard InChI is InChI=1S/C25H25NO3/c1-18-12-15-23(19(2)16-18)26-24(27)17-29-25(28)22-11-7-6-10-21(22)14-13-20-8-4-3-5-9-20/h3-12,15-16H,13-14,17H2,1-2H3,(H,26,27). The van der Waals surface area contributed by atoms with Crippen LogP contribution in [0, 0.1) is 13.8 Å². The fraction of sp³-hybridized carbons (Fsp3) is 0.200. The van der Waals surface area contributed by atoms with Crippen LogP contribution in [0.4, 0.5) is 5.69 Å². The molecule has 0 fully saturated rings. The molecule has 0 aliphatic rings. The minimum absolute atomic E-state index is 0.320. The Balaban J connectivity index is 1.58. The van der Waals surface area contributed by atoms with Crippen molar-refractivity contribution in [1.82, 2.24) is 0 Å². The Kier molecular flexibility index (Phi) is 6.80. The van der Waals surface area contributed by atoms with Crippen molar-refractivity contribution in [3.8, 4) is 0 Å². The highest BCUT2D eigenvalue weighted by atomic mass is 16.5. The molecule has 4 nitrogen and oxygen atoms in total. The molecule has 3 rings (SSSR count). The van der Waals surface area contributed by atoms with Gasteiger partial charge in [-0.1, -0.05) is 66.2 Å². The van der Waals surface area contributed by atoms with Crippen molar-refractivity contribution in [2.75, 3.05) is 11.9 Å². The van der Waals surface area contributed by atoms with Gasteiger partial charge in [0.1, 0.15) is 0 Å². The second-order valence-electron chi connectivity index (χ2n) is 7.09. The third-order valence-electron chi connectivity index (χ3n) is 4.75. The van der Waals surface area contributed by atoms with E-state index in [4.69, 9.17) is 4.74 Å². The molecule has 3 aromatic carbocycles. The van der Waals surface area contributed by atoms with Crippen molar-refractivity contribution in [2.24, 2.45) is 0 Å². The van der Waals surface area contributed by atoms with E-state index in [0.717, 1.165) is 35.2 Å². The summed E-state index contributed by atoms with van der Waals surface area (Å²) in [4.78, 5) is 24.7. The van der Waals surface area contributed by atoms with Gasteiger partial charge in [-0.15, -0.1) is 0 Å². The summed E-state index contributed by atoms with van der Waals surface area (Å²) < 4.78 is 5.27. The van der Waals surface area contributed by atoms with Gasteiger partial charge in [-0.2, -0.15) is 0 Å². The topological polar surface area (TPSA) is 55.4 Å². The van der Waals surface area contributed by atoms with Gasteiger partial charge in [0.25, 0.3) is 5.91 Å². The lowest BCUT2D eigenvalue weighted by Crippen LogP contribution is -2.22. The van der Waals surface area contributed by atoms with E-state index in [1.165, 1.54) is 5.56 Å². The van der Waals surface area contributed by atoms with Gasteiger partial charge in [0.2, 0.25) is 0 Å². The first-order chi connectivity index (χ1) is 14.0. The molecular formula is C25H25NO3. The lowest BCUT2D eigenvalue weighted by atomic mass is 10.00. The monoisotopic (exact) mass is 387 g/mol. The van der Waals surface area contributed by atoms with Crippen LogP contribution in [0.3, 0.4) is 0 Å². The maximum Gasteiger partial charge on any atom is 0.338 e. The van der Waals surface area contributed by atoms with E-state index in [1.807, 2.05) is 62.4 Å². The molecule has 0 aliphatic heterocycles. The number of anilines is 1. The van der Waals surface area contributed by atoms with Gasteiger partial charge in [-0.05, 0) is 55.5 Å². The van der Waals surface area contributed by atoms with E-state index < -0.39 is 5.97 Å². The summed E-state index contributed by atoms with van der Waals surface area (Å²) in [6.45, 7) is 3.60. The average Bonchev–Trinajstić information content (AvgIpc) is 2.73. The molecule has 148 valence electrons. The van der Waals surface area contributed by atoms with Crippen LogP contribution in [0.15, 0.2) is 72.8 Å². The predicted octanol–water partition coefficient (Wildman–Crippen LogP) is 4.88. The first kappa shape index (κ1) is 20.3. The highest BCUT2D eigenvalue weighted by Crippen LogP contribution is 2.17. The van der Waals surface area contributed by atoms with Crippen LogP contribution in [-0.2, 0) is 22.4 Å². The van der Waals surface area contributed by atoms with Gasteiger partial charge < -0.3 is 10.1 Å². The quantitative estimate of drug-likeness (QED) is 0.588. The lowest BCUT2D eigenvalue weighted by molar-refractivity contribution is -0.119. The second kappa shape index (κ2) is 9.69. The van der Waals surface area contributed by atoms with Crippen LogP contribution < -0.4 is 5.32 Å². The van der Waals surface area contributed by atoms with Crippen molar-refractivity contribution in [3.63, 3.8) is 0 Å². The van der Waals surface area contributed by atoms with Gasteiger partial charge in [-0.25, -0.2) is 4.79 Å². The lowest BCUT2D eigenvalue weighted by Gasteiger charge is -2.11. The van der Waals surface area contributed by atoms with Crippen LogP contribution >= 0.6 is 0 Å². The molecule has 0 radical (unpaired) electrons. The number of carbonyl (C=O) groups is 2. The fourth-order valence-electron chi connectivity index (χ4n) is 3.21. The molecule has 0 aliphatic carbocycles. The number of amides is 1. The highest BCUT2D eigenvalue weighted by molar-refractivity contribution is 5.96. The molecule has 29 heavy (non-hydrogen) atoms. The Morgan fingerprint density at radius 2 is 1.59 bits per heavy atom. The van der Waals surface area contributed by atoms with E-state index in [-0.39, 0.29) is 12.5 Å². The number of hydrogen-bond donors (Lipinski definition) is 1. The van der Waals surface area contributed by atoms with Crippen LogP contribution in [0.2, 0.25) is 0 Å². The molecular weight excluding hydrogens is 362 g/mol. The molecule has 0 bridgehead atoms. The minimum atomic E-state index is -0.482. The third kappa shape index (κ3) is 5.79. The highest BCUT2D eigenvalue weighted by Gasteiger charge is 2.14. The predicted molar refractivity (Wildman–Crippen MR) is 115 cm³/mol. The number of ether oxygens (including phenoxy) is 1. The number of rotatable bonds is 7. The summed E-state index contributed by atoms with van der Waals surface area (Å²) in [5, 5.41) is 2.79. The normalized spacial score (nSPS) is 10.4. The molecule has 3 aromatic rings. The Morgan fingerprint density at radius 3 is 2.34 bits per heavy atom. The van der Waals surface area contributed by atoms with Crippen LogP contribution in [0.25, 0.3) is 0 Å². The van der Waals surface area contributed by atoms with Gasteiger partial charge in [-0.3, -0.25) is 4.79 Å². The van der Waals surface area contributed by atoms with Gasteiger partial charge >= 0.3 is 5.97 Å². The zero-order valence-corrected chi connectivity index (χ0v) is 16.8. The zero-order chi connectivity index (χ0) is 20.6. The maximum absolute atomic E-state index is 12.5. The van der Waals surface area contributed by atoms with E-state index in [1.54, 1.807) is 12.1 Å². The van der Waals surface area contributed by atoms with Crippen LogP contribution in [0.5, 0.6) is 0 Å². The largest absolute Gasteiger partial charge is 0.452 e. The van der Waals surface area contributed by atoms with E-state index in [2.05, 4.69) is 17.4 Å². The molecule has 0 atom stereocenters. The van der Waals surface area contributed by atoms with Crippen molar-refractivity contribution in [1.29, 1.82) is 0 Å². The Morgan fingerprint density at radius 1 is 0.862 bits per heavy atom. The van der Waals surface area contributed by atoms with Crippen LogP contribution in [0.1, 0.15) is 32.6 Å². The number of carbonyl (C=O) groups excluding carboxylic acids is 2. The summed E-state index contributed by atoms with van der Waals surface area (Å²) in [5.74, 6) is -0.837. The summed E-state index contributed by atoms with van der Waals surface area (Å²) in [6.07, 6.45) is 1.56. The molecule has 4 heteroatoms. The number of benzene rings is 3. The van der Waals surface area contributed by atoms with Crippen molar-refractivity contribution in [3.05, 3.63) is 101 Å². The fourth-order valence-corrected chi connectivity index (χ4v) is 3.21. The average molecular weight is 387 g/mol. The third-order valence-corrected chi connectivity index (χ3v) is 4.75. The van der Waals surface area contributed by atoms with E-state index >= 15 is 0 Å². The minimum Gasteiger partial charge on any atom is -0.452 e. The van der Waals surface area contributed by atoms with Gasteiger partial charge in [0, 0.05) is 5.69 Å². The number of nitrogens with one attached hydrogen (secondary N) is 1. The summed E-state index contributed by atoms with van der Waals surface area (Å²) in [5.41, 5.74) is 5.44. The van der Waals surface area contributed by atoms with Crippen molar-refractivity contribution < 1.29 is 14.3 Å². The zero-order valence-electron chi connectivity index (χ0n) is 16.8. The number of hydrogen-bond acceptors (Lipinski definition) is 3. The molecule has 0 saturated carbocycles. The number of esters is 1.